The number of amides is 1. The minimum atomic E-state index is -0.265. The van der Waals surface area contributed by atoms with E-state index >= 15 is 0 Å². The average molecular weight is 311 g/mol. The molecule has 2 heterocycles. The van der Waals surface area contributed by atoms with Crippen LogP contribution in [0.5, 0.6) is 0 Å². The molecule has 0 bridgehead atoms. The summed E-state index contributed by atoms with van der Waals surface area (Å²) < 4.78 is 0. The number of fused-ring (bicyclic) bond motifs is 2. The van der Waals surface area contributed by atoms with Crippen LogP contribution in [0.2, 0.25) is 0 Å². The molecule has 120 valence electrons. The molecule has 0 aliphatic heterocycles. The highest BCUT2D eigenvalue weighted by molar-refractivity contribution is 5.97. The number of nitrogens with one attached hydrogen (secondary N) is 2. The van der Waals surface area contributed by atoms with Gasteiger partial charge in [-0.15, -0.1) is 0 Å². The maximum atomic E-state index is 12.5. The lowest BCUT2D eigenvalue weighted by atomic mass is 9.79. The molecular weight excluding hydrogens is 290 g/mol. The van der Waals surface area contributed by atoms with Gasteiger partial charge in [0.25, 0.3) is 5.91 Å². The number of hydrogen-bond donors (Lipinski definition) is 2. The predicted molar refractivity (Wildman–Crippen MR) is 88.3 cm³/mol. The van der Waals surface area contributed by atoms with Crippen molar-refractivity contribution >= 4 is 16.8 Å². The Kier molecular flexibility index (Phi) is 3.63. The van der Waals surface area contributed by atoms with Gasteiger partial charge in [-0.3, -0.25) is 14.6 Å². The van der Waals surface area contributed by atoms with Crippen molar-refractivity contribution in [2.75, 3.05) is 0 Å². The molecule has 0 radical (unpaired) electrons. The molecule has 2 N–H and O–H groups in total. The van der Waals surface area contributed by atoms with Crippen molar-refractivity contribution in [1.29, 1.82) is 0 Å². The highest BCUT2D eigenvalue weighted by atomic mass is 16.2. The zero-order valence-electron chi connectivity index (χ0n) is 13.0. The monoisotopic (exact) mass is 311 g/mol. The van der Waals surface area contributed by atoms with Gasteiger partial charge in [0.1, 0.15) is 5.56 Å². The highest BCUT2D eigenvalue weighted by Crippen LogP contribution is 2.42. The lowest BCUT2D eigenvalue weighted by Gasteiger charge is -2.32. The molecule has 23 heavy (non-hydrogen) atoms. The molecule has 0 spiro atoms. The van der Waals surface area contributed by atoms with Crippen LogP contribution in [0.3, 0.4) is 0 Å². The Morgan fingerprint density at radius 2 is 2.09 bits per heavy atom. The van der Waals surface area contributed by atoms with Gasteiger partial charge < -0.3 is 10.3 Å². The molecule has 1 amide bonds. The molecule has 4 rings (SSSR count). The Morgan fingerprint density at radius 3 is 3.00 bits per heavy atom. The summed E-state index contributed by atoms with van der Waals surface area (Å²) in [5, 5.41) is 3.53. The minimum Gasteiger partial charge on any atom is -0.360 e. The van der Waals surface area contributed by atoms with Crippen molar-refractivity contribution in [3.05, 3.63) is 40.4 Å². The maximum absolute atomic E-state index is 12.5. The lowest BCUT2D eigenvalue weighted by molar-refractivity contribution is 0.0909. The largest absolute Gasteiger partial charge is 0.360 e. The summed E-state index contributed by atoms with van der Waals surface area (Å²) in [7, 11) is 0. The Balaban J connectivity index is 1.53. The van der Waals surface area contributed by atoms with Crippen molar-refractivity contribution in [1.82, 2.24) is 15.3 Å². The van der Waals surface area contributed by atoms with Gasteiger partial charge in [-0.2, -0.15) is 0 Å². The summed E-state index contributed by atoms with van der Waals surface area (Å²) in [5.74, 6) is 1.35. The zero-order valence-corrected chi connectivity index (χ0v) is 13.0. The first-order valence-electron chi connectivity index (χ1n) is 8.48. The smallest absolute Gasteiger partial charge is 0.256 e. The summed E-state index contributed by atoms with van der Waals surface area (Å²) in [6.45, 7) is 0. The maximum Gasteiger partial charge on any atom is 0.256 e. The molecule has 2 aromatic rings. The molecule has 5 heteroatoms. The van der Waals surface area contributed by atoms with Crippen molar-refractivity contribution in [3.63, 3.8) is 0 Å². The highest BCUT2D eigenvalue weighted by Gasteiger charge is 2.34. The first kappa shape index (κ1) is 14.4. The number of rotatable bonds is 2. The Morgan fingerprint density at radius 1 is 1.22 bits per heavy atom. The van der Waals surface area contributed by atoms with E-state index in [1.807, 2.05) is 0 Å². The Hall–Kier alpha value is -2.17. The molecule has 0 aromatic carbocycles. The molecule has 2 aliphatic rings. The third-order valence-electron chi connectivity index (χ3n) is 5.55. The molecule has 2 saturated carbocycles. The second-order valence-electron chi connectivity index (χ2n) is 6.89. The van der Waals surface area contributed by atoms with E-state index < -0.39 is 0 Å². The number of nitrogens with zero attached hydrogens (tertiary/aromatic N) is 1. The van der Waals surface area contributed by atoms with Crippen LogP contribution in [0, 0.1) is 11.8 Å². The fraction of sp³-hybridized carbons (Fsp3) is 0.500. The average Bonchev–Trinajstić information content (AvgIpc) is 3.03. The van der Waals surface area contributed by atoms with Crippen molar-refractivity contribution in [2.24, 2.45) is 11.8 Å². The van der Waals surface area contributed by atoms with E-state index in [0.29, 0.717) is 10.9 Å². The van der Waals surface area contributed by atoms with E-state index in [1.165, 1.54) is 38.1 Å². The first-order valence-corrected chi connectivity index (χ1v) is 8.48. The van der Waals surface area contributed by atoms with Crippen molar-refractivity contribution < 1.29 is 4.79 Å². The topological polar surface area (TPSA) is 74.8 Å². The second kappa shape index (κ2) is 5.80. The van der Waals surface area contributed by atoms with Crippen LogP contribution in [-0.2, 0) is 0 Å². The van der Waals surface area contributed by atoms with Gasteiger partial charge in [-0.25, -0.2) is 0 Å². The minimum absolute atomic E-state index is 0.180. The van der Waals surface area contributed by atoms with E-state index in [2.05, 4.69) is 15.3 Å². The molecular formula is C18H21N3O2. The third kappa shape index (κ3) is 2.64. The summed E-state index contributed by atoms with van der Waals surface area (Å²) in [4.78, 5) is 32.0. The van der Waals surface area contributed by atoms with E-state index in [4.69, 9.17) is 0 Å². The van der Waals surface area contributed by atoms with Crippen LogP contribution in [-0.4, -0.2) is 21.9 Å². The normalized spacial score (nSPS) is 26.9. The molecule has 2 aliphatic carbocycles. The Bertz CT molecular complexity index is 798. The van der Waals surface area contributed by atoms with Crippen molar-refractivity contribution in [3.8, 4) is 0 Å². The van der Waals surface area contributed by atoms with Crippen LogP contribution in [0.25, 0.3) is 10.9 Å². The van der Waals surface area contributed by atoms with Crippen LogP contribution in [0.4, 0.5) is 0 Å². The molecule has 0 saturated heterocycles. The quantitative estimate of drug-likeness (QED) is 0.895. The van der Waals surface area contributed by atoms with E-state index in [9.17, 15) is 9.59 Å². The van der Waals surface area contributed by atoms with Crippen LogP contribution >= 0.6 is 0 Å². The number of H-pyrrole nitrogens is 1. The lowest BCUT2D eigenvalue weighted by Crippen LogP contribution is -2.41. The molecule has 5 nitrogen and oxygen atoms in total. The third-order valence-corrected chi connectivity index (χ3v) is 5.55. The van der Waals surface area contributed by atoms with Crippen LogP contribution in [0.15, 0.2) is 29.5 Å². The van der Waals surface area contributed by atoms with Crippen LogP contribution < -0.4 is 10.7 Å². The number of hydrogen-bond acceptors (Lipinski definition) is 3. The number of carbonyl (C=O) groups is 1. The van der Waals surface area contributed by atoms with Gasteiger partial charge in [0, 0.05) is 24.6 Å². The van der Waals surface area contributed by atoms with Gasteiger partial charge in [0.2, 0.25) is 5.43 Å². The van der Waals surface area contributed by atoms with E-state index in [0.717, 1.165) is 24.7 Å². The fourth-order valence-electron chi connectivity index (χ4n) is 4.33. The van der Waals surface area contributed by atoms with Gasteiger partial charge in [0.05, 0.1) is 10.9 Å². The zero-order chi connectivity index (χ0) is 15.8. The van der Waals surface area contributed by atoms with Gasteiger partial charge in [-0.1, -0.05) is 19.3 Å². The van der Waals surface area contributed by atoms with Gasteiger partial charge in [0.15, 0.2) is 0 Å². The first-order chi connectivity index (χ1) is 11.2. The predicted octanol–water partition coefficient (Wildman–Crippen LogP) is 2.62. The summed E-state index contributed by atoms with van der Waals surface area (Å²) in [5.41, 5.74) is 0.631. The van der Waals surface area contributed by atoms with Gasteiger partial charge in [-0.05, 0) is 37.2 Å². The summed E-state index contributed by atoms with van der Waals surface area (Å²) in [6, 6.07) is 1.94. The fourth-order valence-corrected chi connectivity index (χ4v) is 4.33. The summed E-state index contributed by atoms with van der Waals surface area (Å²) >= 11 is 0. The van der Waals surface area contributed by atoms with Crippen LogP contribution in [0.1, 0.15) is 48.9 Å². The number of carbonyl (C=O) groups excluding carboxylic acids is 1. The number of aromatic nitrogens is 2. The number of pyridine rings is 2. The van der Waals surface area contributed by atoms with E-state index in [1.54, 1.807) is 12.3 Å². The second-order valence-corrected chi connectivity index (χ2v) is 6.89. The number of aromatic amines is 1. The van der Waals surface area contributed by atoms with E-state index in [-0.39, 0.29) is 22.9 Å². The molecule has 2 fully saturated rings. The van der Waals surface area contributed by atoms with Gasteiger partial charge >= 0.3 is 0 Å². The molecule has 3 unspecified atom stereocenters. The van der Waals surface area contributed by atoms with Crippen molar-refractivity contribution in [2.45, 2.75) is 44.6 Å². The summed E-state index contributed by atoms with van der Waals surface area (Å²) in [6.07, 6.45) is 11.9. The SMILES string of the molecule is O=C(NC1CCC2CCCC2C1)c1c[nH]c2ccncc2c1=O. The molecule has 3 atom stereocenters. The molecule has 2 aromatic heterocycles. The Labute approximate surface area is 134 Å². The standard InChI is InChI=1S/C18H21N3O2/c22-17-14-9-19-7-6-16(14)20-10-15(17)18(23)21-13-5-4-11-2-1-3-12(11)8-13/h6-7,9-13H,1-5,8H2,(H,20,22)(H,21,23).